The molecule has 2 N–H and O–H groups in total. The van der Waals surface area contributed by atoms with Crippen molar-refractivity contribution in [2.24, 2.45) is 0 Å². The molecule has 0 spiro atoms. The van der Waals surface area contributed by atoms with Gasteiger partial charge >= 0.3 is 12.0 Å². The Morgan fingerprint density at radius 3 is 2.68 bits per heavy atom. The van der Waals surface area contributed by atoms with Crippen LogP contribution in [0, 0.1) is 6.92 Å². The van der Waals surface area contributed by atoms with Crippen molar-refractivity contribution in [3.63, 3.8) is 0 Å². The number of hydrogen-bond donors (Lipinski definition) is 2. The van der Waals surface area contributed by atoms with Gasteiger partial charge in [-0.1, -0.05) is 24.6 Å². The minimum absolute atomic E-state index is 0.0254. The molecule has 3 heterocycles. The van der Waals surface area contributed by atoms with Crippen molar-refractivity contribution in [1.82, 2.24) is 29.1 Å². The van der Waals surface area contributed by atoms with E-state index >= 15 is 0 Å². The van der Waals surface area contributed by atoms with Gasteiger partial charge in [-0.15, -0.1) is 0 Å². The van der Waals surface area contributed by atoms with E-state index in [2.05, 4.69) is 25.3 Å². The molecule has 0 saturated carbocycles. The summed E-state index contributed by atoms with van der Waals surface area (Å²) in [6.07, 6.45) is 2.28. The van der Waals surface area contributed by atoms with Gasteiger partial charge in [-0.2, -0.15) is 23.4 Å². The molecular formula is C15H16ClN7O4S. The summed E-state index contributed by atoms with van der Waals surface area (Å²) in [4.78, 5) is 27.8. The first-order chi connectivity index (χ1) is 13.2. The summed E-state index contributed by atoms with van der Waals surface area (Å²) in [6.45, 7) is 3.48. The first kappa shape index (κ1) is 19.8. The van der Waals surface area contributed by atoms with Crippen molar-refractivity contribution in [3.05, 3.63) is 34.9 Å². The van der Waals surface area contributed by atoms with Crippen LogP contribution in [0.1, 0.15) is 18.3 Å². The highest BCUT2D eigenvalue weighted by Crippen LogP contribution is 2.23. The first-order valence-corrected chi connectivity index (χ1v) is 9.86. The number of ether oxygens (including phenoxy) is 1. The molecule has 0 saturated heterocycles. The van der Waals surface area contributed by atoms with Gasteiger partial charge in [-0.3, -0.25) is 9.72 Å². The maximum atomic E-state index is 12.7. The normalized spacial score (nSPS) is 11.4. The number of halogens is 1. The molecule has 0 fully saturated rings. The van der Waals surface area contributed by atoms with E-state index in [1.807, 2.05) is 17.7 Å². The van der Waals surface area contributed by atoms with Gasteiger partial charge in [0.25, 0.3) is 10.0 Å². The van der Waals surface area contributed by atoms with Crippen LogP contribution in [0.15, 0.2) is 23.4 Å². The number of nitrogens with one attached hydrogen (secondary N) is 2. The molecule has 0 radical (unpaired) electrons. The lowest BCUT2D eigenvalue weighted by Gasteiger charge is -2.09. The van der Waals surface area contributed by atoms with Crippen molar-refractivity contribution in [3.8, 4) is 6.01 Å². The number of sulfonamides is 1. The number of carbonyl (C=O) groups excluding carboxylic acids is 1. The van der Waals surface area contributed by atoms with E-state index in [0.717, 1.165) is 5.56 Å². The number of aryl methyl sites for hydroxylation is 2. The number of urea groups is 1. The number of aromatic nitrogens is 5. The molecule has 0 unspecified atom stereocenters. The van der Waals surface area contributed by atoms with Crippen molar-refractivity contribution in [2.75, 3.05) is 12.4 Å². The summed E-state index contributed by atoms with van der Waals surface area (Å²) >= 11 is 6.02. The molecule has 3 rings (SSSR count). The zero-order chi connectivity index (χ0) is 20.5. The van der Waals surface area contributed by atoms with Crippen LogP contribution in [0.25, 0.3) is 5.65 Å². The van der Waals surface area contributed by atoms with Gasteiger partial charge < -0.3 is 4.74 Å². The van der Waals surface area contributed by atoms with E-state index in [4.69, 9.17) is 16.3 Å². The van der Waals surface area contributed by atoms with E-state index in [-0.39, 0.29) is 28.0 Å². The molecule has 28 heavy (non-hydrogen) atoms. The Morgan fingerprint density at radius 1 is 1.25 bits per heavy atom. The van der Waals surface area contributed by atoms with Crippen LogP contribution in [-0.2, 0) is 16.4 Å². The summed E-state index contributed by atoms with van der Waals surface area (Å²) in [5.74, 6) is 0.108. The summed E-state index contributed by atoms with van der Waals surface area (Å²) in [5, 5.41) is 1.62. The third-order valence-corrected chi connectivity index (χ3v) is 5.35. The van der Waals surface area contributed by atoms with Crippen molar-refractivity contribution in [1.29, 1.82) is 0 Å². The molecule has 2 amide bonds. The molecule has 0 aliphatic heterocycles. The van der Waals surface area contributed by atoms with Crippen LogP contribution < -0.4 is 14.8 Å². The summed E-state index contributed by atoms with van der Waals surface area (Å²) in [6, 6.07) is 2.35. The lowest BCUT2D eigenvalue weighted by atomic mass is 10.2. The largest absolute Gasteiger partial charge is 0.467 e. The fourth-order valence-corrected chi connectivity index (χ4v) is 3.94. The average molecular weight is 426 g/mol. The van der Waals surface area contributed by atoms with Gasteiger partial charge in [0.05, 0.1) is 7.11 Å². The van der Waals surface area contributed by atoms with Crippen LogP contribution in [0.3, 0.4) is 0 Å². The number of carbonyl (C=O) groups is 1. The highest BCUT2D eigenvalue weighted by atomic mass is 35.5. The quantitative estimate of drug-likeness (QED) is 0.627. The predicted molar refractivity (Wildman–Crippen MR) is 100 cm³/mol. The standard InChI is InChI=1S/C15H16ClN7O4S/c1-4-9-5-6-10-19-11(16)12(23(10)7-9)28(25,26)22-14(24)20-13-17-8(2)18-15(21-13)27-3/h5-7H,4H2,1-3H3,(H2,17,18,20,21,22,24). The maximum Gasteiger partial charge on any atom is 0.335 e. The van der Waals surface area contributed by atoms with Crippen molar-refractivity contribution < 1.29 is 17.9 Å². The van der Waals surface area contributed by atoms with E-state index in [9.17, 15) is 13.2 Å². The van der Waals surface area contributed by atoms with E-state index in [1.54, 1.807) is 19.2 Å². The Bertz CT molecular complexity index is 1160. The lowest BCUT2D eigenvalue weighted by Crippen LogP contribution is -2.35. The smallest absolute Gasteiger partial charge is 0.335 e. The summed E-state index contributed by atoms with van der Waals surface area (Å²) in [5.41, 5.74) is 1.20. The second-order valence-corrected chi connectivity index (χ2v) is 7.54. The zero-order valence-corrected chi connectivity index (χ0v) is 16.7. The molecular weight excluding hydrogens is 410 g/mol. The zero-order valence-electron chi connectivity index (χ0n) is 15.1. The van der Waals surface area contributed by atoms with Crippen LogP contribution in [0.5, 0.6) is 6.01 Å². The molecule has 11 nitrogen and oxygen atoms in total. The van der Waals surface area contributed by atoms with E-state index < -0.39 is 16.1 Å². The predicted octanol–water partition coefficient (Wildman–Crippen LogP) is 1.56. The topological polar surface area (TPSA) is 140 Å². The van der Waals surface area contributed by atoms with Crippen LogP contribution in [0.2, 0.25) is 5.15 Å². The number of hydrogen-bond acceptors (Lipinski definition) is 8. The van der Waals surface area contributed by atoms with Gasteiger partial charge in [0, 0.05) is 6.20 Å². The number of pyridine rings is 1. The maximum absolute atomic E-state index is 12.7. The molecule has 3 aromatic heterocycles. The number of methoxy groups -OCH3 is 1. The monoisotopic (exact) mass is 425 g/mol. The van der Waals surface area contributed by atoms with E-state index in [1.165, 1.54) is 11.5 Å². The molecule has 0 atom stereocenters. The Labute approximate surface area is 165 Å². The molecule has 0 bridgehead atoms. The van der Waals surface area contributed by atoms with Crippen molar-refractivity contribution in [2.45, 2.75) is 25.3 Å². The van der Waals surface area contributed by atoms with Gasteiger partial charge in [-0.05, 0) is 25.0 Å². The highest BCUT2D eigenvalue weighted by Gasteiger charge is 2.27. The minimum atomic E-state index is -4.34. The Kier molecular flexibility index (Phi) is 5.34. The molecule has 0 aliphatic carbocycles. The van der Waals surface area contributed by atoms with E-state index in [0.29, 0.717) is 12.1 Å². The highest BCUT2D eigenvalue weighted by molar-refractivity contribution is 7.90. The summed E-state index contributed by atoms with van der Waals surface area (Å²) in [7, 11) is -2.99. The Hall–Kier alpha value is -2.99. The number of imidazole rings is 1. The number of rotatable bonds is 5. The molecule has 3 aromatic rings. The second-order valence-electron chi connectivity index (χ2n) is 5.58. The number of amides is 2. The number of anilines is 1. The number of nitrogens with zero attached hydrogens (tertiary/aromatic N) is 5. The molecule has 0 aliphatic rings. The average Bonchev–Trinajstić information content (AvgIpc) is 2.95. The second kappa shape index (κ2) is 7.56. The van der Waals surface area contributed by atoms with Gasteiger partial charge in [-0.25, -0.2) is 14.5 Å². The third kappa shape index (κ3) is 3.97. The first-order valence-electron chi connectivity index (χ1n) is 8.00. The van der Waals surface area contributed by atoms with Crippen LogP contribution >= 0.6 is 11.6 Å². The van der Waals surface area contributed by atoms with Crippen LogP contribution in [0.4, 0.5) is 10.7 Å². The lowest BCUT2D eigenvalue weighted by molar-refractivity contribution is 0.256. The third-order valence-electron chi connectivity index (χ3n) is 3.62. The molecule has 148 valence electrons. The Balaban J connectivity index is 1.90. The molecule has 13 heteroatoms. The fourth-order valence-electron chi connectivity index (χ4n) is 2.39. The number of fused-ring (bicyclic) bond motifs is 1. The summed E-state index contributed by atoms with van der Waals surface area (Å²) < 4.78 is 33.5. The molecule has 0 aromatic carbocycles. The Morgan fingerprint density at radius 2 is 2.00 bits per heavy atom. The minimum Gasteiger partial charge on any atom is -0.467 e. The van der Waals surface area contributed by atoms with Crippen molar-refractivity contribution >= 4 is 39.3 Å². The SMILES string of the molecule is CCc1ccc2nc(Cl)c(S(=O)(=O)NC(=O)Nc3nc(C)nc(OC)n3)n2c1. The van der Waals surface area contributed by atoms with Crippen LogP contribution in [-0.4, -0.2) is 45.9 Å². The fraction of sp³-hybridized carbons (Fsp3) is 0.267. The van der Waals surface area contributed by atoms with Gasteiger partial charge in [0.1, 0.15) is 11.5 Å². The van der Waals surface area contributed by atoms with Gasteiger partial charge in [0.15, 0.2) is 10.2 Å². The van der Waals surface area contributed by atoms with Gasteiger partial charge in [0.2, 0.25) is 5.95 Å².